The zero-order valence-electron chi connectivity index (χ0n) is 8.58. The van der Waals surface area contributed by atoms with Gasteiger partial charge in [-0.3, -0.25) is 4.79 Å². The molecule has 88 valence electrons. The van der Waals surface area contributed by atoms with Crippen molar-refractivity contribution in [2.45, 2.75) is 6.04 Å². The number of carboxylic acids is 1. The van der Waals surface area contributed by atoms with Crippen LogP contribution in [0.3, 0.4) is 0 Å². The van der Waals surface area contributed by atoms with E-state index in [2.05, 4.69) is 15.3 Å². The molecule has 2 heterocycles. The van der Waals surface area contributed by atoms with Gasteiger partial charge in [-0.25, -0.2) is 9.78 Å². The Morgan fingerprint density at radius 2 is 2.35 bits per heavy atom. The van der Waals surface area contributed by atoms with Crippen molar-refractivity contribution in [1.82, 2.24) is 15.3 Å². The molecular weight excluding hydrogens is 242 g/mol. The normalized spacial score (nSPS) is 12.0. The van der Waals surface area contributed by atoms with Crippen LogP contribution in [0.4, 0.5) is 0 Å². The van der Waals surface area contributed by atoms with Crippen molar-refractivity contribution in [1.29, 1.82) is 0 Å². The van der Waals surface area contributed by atoms with Gasteiger partial charge in [0.25, 0.3) is 5.91 Å². The maximum atomic E-state index is 11.7. The molecule has 0 radical (unpaired) electrons. The summed E-state index contributed by atoms with van der Waals surface area (Å²) in [5, 5.41) is 13.2. The third-order valence-electron chi connectivity index (χ3n) is 2.09. The number of aliphatic carboxylic acids is 1. The van der Waals surface area contributed by atoms with Gasteiger partial charge in [0, 0.05) is 4.88 Å². The predicted molar refractivity (Wildman–Crippen MR) is 60.7 cm³/mol. The second-order valence-corrected chi connectivity index (χ2v) is 4.20. The first-order valence-electron chi connectivity index (χ1n) is 4.74. The van der Waals surface area contributed by atoms with E-state index in [0.717, 1.165) is 0 Å². The molecule has 0 aliphatic carbocycles. The molecule has 2 rings (SSSR count). The summed E-state index contributed by atoms with van der Waals surface area (Å²) in [7, 11) is 0. The molecule has 17 heavy (non-hydrogen) atoms. The lowest BCUT2D eigenvalue weighted by Gasteiger charge is -2.11. The SMILES string of the molecule is O=C(NC(C(=O)O)c1cccs1)c1cnc[nH]1. The summed E-state index contributed by atoms with van der Waals surface area (Å²) in [5.74, 6) is -1.59. The van der Waals surface area contributed by atoms with E-state index in [0.29, 0.717) is 4.88 Å². The second-order valence-electron chi connectivity index (χ2n) is 3.23. The third-order valence-corrected chi connectivity index (χ3v) is 3.03. The van der Waals surface area contributed by atoms with E-state index in [1.54, 1.807) is 17.5 Å². The van der Waals surface area contributed by atoms with Crippen LogP contribution >= 0.6 is 11.3 Å². The van der Waals surface area contributed by atoms with E-state index >= 15 is 0 Å². The largest absolute Gasteiger partial charge is 0.479 e. The third kappa shape index (κ3) is 2.51. The number of carbonyl (C=O) groups excluding carboxylic acids is 1. The molecule has 6 nitrogen and oxygen atoms in total. The molecule has 1 amide bonds. The van der Waals surface area contributed by atoms with Gasteiger partial charge in [0.05, 0.1) is 12.5 Å². The summed E-state index contributed by atoms with van der Waals surface area (Å²) in [5.41, 5.74) is 0.229. The summed E-state index contributed by atoms with van der Waals surface area (Å²) in [6.07, 6.45) is 2.69. The van der Waals surface area contributed by atoms with Crippen LogP contribution in [0.2, 0.25) is 0 Å². The average Bonchev–Trinajstić information content (AvgIpc) is 2.97. The Morgan fingerprint density at radius 3 is 2.88 bits per heavy atom. The fourth-order valence-electron chi connectivity index (χ4n) is 1.30. The highest BCUT2D eigenvalue weighted by molar-refractivity contribution is 7.10. The molecule has 2 aromatic rings. The molecule has 1 unspecified atom stereocenters. The number of aromatic nitrogens is 2. The number of hydrogen-bond donors (Lipinski definition) is 3. The van der Waals surface area contributed by atoms with Gasteiger partial charge in [-0.05, 0) is 11.4 Å². The number of nitrogens with zero attached hydrogens (tertiary/aromatic N) is 1. The Labute approximate surface area is 100 Å². The Hall–Kier alpha value is -2.15. The quantitative estimate of drug-likeness (QED) is 0.756. The van der Waals surface area contributed by atoms with E-state index in [4.69, 9.17) is 5.11 Å². The Bertz CT molecular complexity index is 507. The first-order valence-corrected chi connectivity index (χ1v) is 5.62. The summed E-state index contributed by atoms with van der Waals surface area (Å²) < 4.78 is 0. The number of thiophene rings is 1. The van der Waals surface area contributed by atoms with Gasteiger partial charge in [0.15, 0.2) is 6.04 Å². The first kappa shape index (κ1) is 11.3. The van der Waals surface area contributed by atoms with Crippen molar-refractivity contribution in [3.05, 3.63) is 40.6 Å². The molecule has 0 aromatic carbocycles. The zero-order valence-corrected chi connectivity index (χ0v) is 9.40. The average molecular weight is 251 g/mol. The molecule has 0 aliphatic rings. The molecule has 2 aromatic heterocycles. The lowest BCUT2D eigenvalue weighted by Crippen LogP contribution is -2.33. The molecule has 1 atom stereocenters. The molecule has 3 N–H and O–H groups in total. The maximum absolute atomic E-state index is 11.7. The van der Waals surface area contributed by atoms with Gasteiger partial charge >= 0.3 is 5.97 Å². The summed E-state index contributed by atoms with van der Waals surface area (Å²) in [6, 6.07) is 2.36. The van der Waals surface area contributed by atoms with Crippen molar-refractivity contribution in [3.8, 4) is 0 Å². The second kappa shape index (κ2) is 4.79. The fourth-order valence-corrected chi connectivity index (χ4v) is 2.07. The van der Waals surface area contributed by atoms with Gasteiger partial charge in [-0.15, -0.1) is 11.3 Å². The van der Waals surface area contributed by atoms with Crippen LogP contribution in [0.5, 0.6) is 0 Å². The van der Waals surface area contributed by atoms with Crippen molar-refractivity contribution in [2.24, 2.45) is 0 Å². The summed E-state index contributed by atoms with van der Waals surface area (Å²) in [4.78, 5) is 29.6. The van der Waals surface area contributed by atoms with E-state index in [1.165, 1.54) is 23.9 Å². The molecule has 0 spiro atoms. The number of aromatic amines is 1. The number of carbonyl (C=O) groups is 2. The van der Waals surface area contributed by atoms with Crippen molar-refractivity contribution in [3.63, 3.8) is 0 Å². The smallest absolute Gasteiger partial charge is 0.331 e. The lowest BCUT2D eigenvalue weighted by atomic mass is 10.2. The van der Waals surface area contributed by atoms with Crippen LogP contribution < -0.4 is 5.32 Å². The monoisotopic (exact) mass is 251 g/mol. The number of rotatable bonds is 4. The van der Waals surface area contributed by atoms with Gasteiger partial charge in [-0.1, -0.05) is 6.07 Å². The Morgan fingerprint density at radius 1 is 1.53 bits per heavy atom. The van der Waals surface area contributed by atoms with Gasteiger partial charge in [0.1, 0.15) is 5.69 Å². The lowest BCUT2D eigenvalue weighted by molar-refractivity contribution is -0.139. The highest BCUT2D eigenvalue weighted by Crippen LogP contribution is 2.19. The first-order chi connectivity index (χ1) is 8.18. The molecule has 0 saturated carbocycles. The highest BCUT2D eigenvalue weighted by atomic mass is 32.1. The van der Waals surface area contributed by atoms with E-state index in [9.17, 15) is 9.59 Å². The molecule has 0 bridgehead atoms. The van der Waals surface area contributed by atoms with E-state index in [1.807, 2.05) is 0 Å². The number of hydrogen-bond acceptors (Lipinski definition) is 4. The van der Waals surface area contributed by atoms with Gasteiger partial charge in [-0.2, -0.15) is 0 Å². The molecule has 0 saturated heterocycles. The molecular formula is C10H9N3O3S. The van der Waals surface area contributed by atoms with Crippen LogP contribution in [0.25, 0.3) is 0 Å². The maximum Gasteiger partial charge on any atom is 0.331 e. The van der Waals surface area contributed by atoms with Crippen LogP contribution in [0.15, 0.2) is 30.0 Å². The van der Waals surface area contributed by atoms with Gasteiger partial charge in [0.2, 0.25) is 0 Å². The topological polar surface area (TPSA) is 95.1 Å². The molecule has 0 fully saturated rings. The van der Waals surface area contributed by atoms with E-state index in [-0.39, 0.29) is 5.69 Å². The predicted octanol–water partition coefficient (Wildman–Crippen LogP) is 1.03. The van der Waals surface area contributed by atoms with Crippen LogP contribution in [0, 0.1) is 0 Å². The van der Waals surface area contributed by atoms with Gasteiger partial charge < -0.3 is 15.4 Å². The summed E-state index contributed by atoms with van der Waals surface area (Å²) in [6.45, 7) is 0. The number of nitrogens with one attached hydrogen (secondary N) is 2. The standard InChI is InChI=1S/C10H9N3O3S/c14-9(6-4-11-5-12-6)13-8(10(15)16)7-2-1-3-17-7/h1-5,8H,(H,11,12)(H,13,14)(H,15,16). The zero-order chi connectivity index (χ0) is 12.3. The highest BCUT2D eigenvalue weighted by Gasteiger charge is 2.23. The number of imidazole rings is 1. The minimum atomic E-state index is -1.10. The van der Waals surface area contributed by atoms with Crippen molar-refractivity contribution >= 4 is 23.2 Å². The number of H-pyrrole nitrogens is 1. The number of amides is 1. The van der Waals surface area contributed by atoms with Crippen LogP contribution in [-0.2, 0) is 4.79 Å². The van der Waals surface area contributed by atoms with Crippen LogP contribution in [0.1, 0.15) is 21.4 Å². The van der Waals surface area contributed by atoms with E-state index < -0.39 is 17.9 Å². The van der Waals surface area contributed by atoms with Crippen LogP contribution in [-0.4, -0.2) is 27.0 Å². The summed E-state index contributed by atoms with van der Waals surface area (Å²) >= 11 is 1.28. The molecule has 0 aliphatic heterocycles. The minimum Gasteiger partial charge on any atom is -0.479 e. The Balaban J connectivity index is 2.14. The van der Waals surface area contributed by atoms with Crippen molar-refractivity contribution < 1.29 is 14.7 Å². The number of carboxylic acid groups (broad SMARTS) is 1. The Kier molecular flexibility index (Phi) is 3.20. The minimum absolute atomic E-state index is 0.229. The fraction of sp³-hybridized carbons (Fsp3) is 0.100. The molecule has 7 heteroatoms. The van der Waals surface area contributed by atoms with Crippen molar-refractivity contribution in [2.75, 3.05) is 0 Å².